The number of hydrogen-bond acceptors (Lipinski definition) is 3. The van der Waals surface area contributed by atoms with E-state index in [2.05, 4.69) is 0 Å². The maximum atomic E-state index is 13.3. The molecule has 1 aliphatic heterocycles. The second-order valence-corrected chi connectivity index (χ2v) is 6.65. The molecule has 0 fully saturated rings. The monoisotopic (exact) mass is 369 g/mol. The van der Waals surface area contributed by atoms with E-state index >= 15 is 0 Å². The van der Waals surface area contributed by atoms with Gasteiger partial charge in [0.15, 0.2) is 0 Å². The van der Waals surface area contributed by atoms with Gasteiger partial charge >= 0.3 is 0 Å². The minimum Gasteiger partial charge on any atom is -0.334 e. The molecule has 0 amide bonds. The maximum absolute atomic E-state index is 13.3. The van der Waals surface area contributed by atoms with Crippen LogP contribution in [0.1, 0.15) is 21.5 Å². The molecule has 0 atom stereocenters. The molecule has 4 aromatic rings. The number of hydrogen-bond donors (Lipinski definition) is 0. The highest BCUT2D eigenvalue weighted by atomic mass is 19.1. The van der Waals surface area contributed by atoms with E-state index in [1.165, 1.54) is 16.7 Å². The number of nitriles is 1. The van der Waals surface area contributed by atoms with Gasteiger partial charge in [-0.1, -0.05) is 18.2 Å². The van der Waals surface area contributed by atoms with E-state index < -0.39 is 11.3 Å². The van der Waals surface area contributed by atoms with Crippen LogP contribution in [0.5, 0.6) is 0 Å². The second kappa shape index (κ2) is 5.76. The van der Waals surface area contributed by atoms with Crippen molar-refractivity contribution in [1.82, 2.24) is 9.13 Å². The first-order chi connectivity index (χ1) is 13.6. The zero-order valence-electron chi connectivity index (χ0n) is 14.5. The van der Waals surface area contributed by atoms with Crippen LogP contribution >= 0.6 is 0 Å². The zero-order chi connectivity index (χ0) is 19.4. The summed E-state index contributed by atoms with van der Waals surface area (Å²) in [7, 11) is 0. The number of nitrogens with zero attached hydrogens (tertiary/aromatic N) is 3. The summed E-state index contributed by atoms with van der Waals surface area (Å²) in [5.74, 6) is -0.739. The molecule has 0 bridgehead atoms. The van der Waals surface area contributed by atoms with E-state index in [0.717, 1.165) is 5.56 Å². The van der Waals surface area contributed by atoms with E-state index in [1.54, 1.807) is 48.7 Å². The van der Waals surface area contributed by atoms with Gasteiger partial charge in [-0.2, -0.15) is 5.26 Å². The number of carbonyl (C=O) groups is 1. The Morgan fingerprint density at radius 2 is 1.79 bits per heavy atom. The average Bonchev–Trinajstić information content (AvgIpc) is 3.29. The number of fused-ring (bicyclic) bond motifs is 4. The minimum absolute atomic E-state index is 0.0629. The summed E-state index contributed by atoms with van der Waals surface area (Å²) >= 11 is 0. The predicted molar refractivity (Wildman–Crippen MR) is 102 cm³/mol. The van der Waals surface area contributed by atoms with E-state index in [1.807, 2.05) is 10.6 Å². The Hall–Kier alpha value is -3.98. The van der Waals surface area contributed by atoms with Gasteiger partial charge in [-0.3, -0.25) is 14.2 Å². The first kappa shape index (κ1) is 16.2. The van der Waals surface area contributed by atoms with Gasteiger partial charge in [-0.15, -0.1) is 0 Å². The highest BCUT2D eigenvalue weighted by Crippen LogP contribution is 2.34. The third-order valence-electron chi connectivity index (χ3n) is 5.09. The summed E-state index contributed by atoms with van der Waals surface area (Å²) in [6.45, 7) is 0.326. The first-order valence-corrected chi connectivity index (χ1v) is 8.66. The molecule has 1 aliphatic rings. The molecule has 5 rings (SSSR count). The topological polar surface area (TPSA) is 67.8 Å². The Bertz CT molecular complexity index is 1390. The molecule has 0 unspecified atom stereocenters. The quantitative estimate of drug-likeness (QED) is 0.478. The van der Waals surface area contributed by atoms with Crippen LogP contribution in [0.2, 0.25) is 0 Å². The van der Waals surface area contributed by atoms with E-state index in [4.69, 9.17) is 0 Å². The van der Waals surface area contributed by atoms with Crippen molar-refractivity contribution in [2.24, 2.45) is 0 Å². The lowest BCUT2D eigenvalue weighted by molar-refractivity contribution is 0.0968. The van der Waals surface area contributed by atoms with Gasteiger partial charge in [-0.25, -0.2) is 4.39 Å². The molecule has 134 valence electrons. The summed E-state index contributed by atoms with van der Waals surface area (Å²) in [4.78, 5) is 26.1. The van der Waals surface area contributed by atoms with Gasteiger partial charge in [0, 0.05) is 12.7 Å². The molecule has 5 nitrogen and oxygen atoms in total. The van der Waals surface area contributed by atoms with Crippen molar-refractivity contribution in [2.45, 2.75) is 6.54 Å². The molecular formula is C22H12FN3O2. The van der Waals surface area contributed by atoms with Crippen molar-refractivity contribution in [3.8, 4) is 17.5 Å². The number of carbonyl (C=O) groups excluding carboxylic acids is 1. The van der Waals surface area contributed by atoms with Crippen molar-refractivity contribution in [3.63, 3.8) is 0 Å². The highest BCUT2D eigenvalue weighted by Gasteiger charge is 2.33. The fourth-order valence-corrected chi connectivity index (χ4v) is 3.86. The van der Waals surface area contributed by atoms with Gasteiger partial charge in [0.25, 0.3) is 5.91 Å². The third kappa shape index (κ3) is 2.10. The van der Waals surface area contributed by atoms with E-state index in [0.29, 0.717) is 23.4 Å². The van der Waals surface area contributed by atoms with Crippen LogP contribution in [0, 0.1) is 17.1 Å². The van der Waals surface area contributed by atoms with Crippen LogP contribution in [0.15, 0.2) is 65.6 Å². The number of rotatable bonds is 2. The molecular weight excluding hydrogens is 357 g/mol. The molecule has 0 N–H and O–H groups in total. The Balaban J connectivity index is 1.91. The molecule has 2 aromatic heterocycles. The highest BCUT2D eigenvalue weighted by molar-refractivity contribution is 6.10. The minimum atomic E-state index is -0.439. The molecule has 0 radical (unpaired) electrons. The van der Waals surface area contributed by atoms with Crippen molar-refractivity contribution in [1.29, 1.82) is 5.26 Å². The van der Waals surface area contributed by atoms with Gasteiger partial charge in [-0.05, 0) is 42.0 Å². The van der Waals surface area contributed by atoms with E-state index in [9.17, 15) is 19.2 Å². The van der Waals surface area contributed by atoms with Crippen LogP contribution in [-0.4, -0.2) is 15.0 Å². The lowest BCUT2D eigenvalue weighted by atomic mass is 10.0. The molecule has 0 saturated heterocycles. The summed E-state index contributed by atoms with van der Waals surface area (Å²) in [5, 5.41) is 9.72. The second-order valence-electron chi connectivity index (χ2n) is 6.65. The van der Waals surface area contributed by atoms with Gasteiger partial charge in [0.1, 0.15) is 11.4 Å². The molecule has 0 aliphatic carbocycles. The maximum Gasteiger partial charge on any atom is 0.268 e. The smallest absolute Gasteiger partial charge is 0.268 e. The lowest BCUT2D eigenvalue weighted by Crippen LogP contribution is -2.21. The van der Waals surface area contributed by atoms with Gasteiger partial charge in [0.2, 0.25) is 5.43 Å². The van der Waals surface area contributed by atoms with Crippen molar-refractivity contribution >= 4 is 16.8 Å². The summed E-state index contributed by atoms with van der Waals surface area (Å²) in [5.41, 5.74) is 2.37. The molecule has 0 saturated carbocycles. The van der Waals surface area contributed by atoms with Crippen LogP contribution in [0.4, 0.5) is 4.39 Å². The first-order valence-electron chi connectivity index (χ1n) is 8.66. The molecule has 28 heavy (non-hydrogen) atoms. The molecule has 2 aromatic carbocycles. The summed E-state index contributed by atoms with van der Waals surface area (Å²) in [6, 6.07) is 16.7. The SMILES string of the molecule is N#Cc1cccc2c1c(=O)c1c(n2Cc2ccc(F)cc2)-c2cccn2C1=O. The van der Waals surface area contributed by atoms with Crippen molar-refractivity contribution in [2.75, 3.05) is 0 Å². The van der Waals surface area contributed by atoms with Crippen molar-refractivity contribution < 1.29 is 9.18 Å². The van der Waals surface area contributed by atoms with Crippen molar-refractivity contribution in [3.05, 3.63) is 93.5 Å². The van der Waals surface area contributed by atoms with Crippen LogP contribution in [0.3, 0.4) is 0 Å². The fourth-order valence-electron chi connectivity index (χ4n) is 3.86. The zero-order valence-corrected chi connectivity index (χ0v) is 14.5. The van der Waals surface area contributed by atoms with E-state index in [-0.39, 0.29) is 22.3 Å². The Kier molecular flexibility index (Phi) is 3.34. The number of halogens is 1. The number of pyridine rings is 1. The third-order valence-corrected chi connectivity index (χ3v) is 5.09. The van der Waals surface area contributed by atoms with Crippen LogP contribution in [-0.2, 0) is 6.54 Å². The van der Waals surface area contributed by atoms with Gasteiger partial charge in [0.05, 0.1) is 33.9 Å². The average molecular weight is 369 g/mol. The molecule has 6 heteroatoms. The Morgan fingerprint density at radius 1 is 1.00 bits per heavy atom. The lowest BCUT2D eigenvalue weighted by Gasteiger charge is -2.17. The summed E-state index contributed by atoms with van der Waals surface area (Å²) < 4.78 is 16.6. The Labute approximate surface area is 158 Å². The molecule has 0 spiro atoms. The van der Waals surface area contributed by atoms with Crippen LogP contribution in [0.25, 0.3) is 22.3 Å². The predicted octanol–water partition coefficient (Wildman–Crippen LogP) is 3.53. The van der Waals surface area contributed by atoms with Crippen LogP contribution < -0.4 is 5.43 Å². The number of aromatic nitrogens is 2. The largest absolute Gasteiger partial charge is 0.334 e. The van der Waals surface area contributed by atoms with Gasteiger partial charge < -0.3 is 4.57 Å². The molecule has 3 heterocycles. The standard InChI is InChI=1S/C22H12FN3O2/c23-15-8-6-13(7-9-15)12-26-16-4-1-3-14(11-24)18(16)21(27)19-20(26)17-5-2-10-25(17)22(19)28/h1-10H,12H2. The summed E-state index contributed by atoms with van der Waals surface area (Å²) in [6.07, 6.45) is 1.62. The number of benzene rings is 2. The Morgan fingerprint density at radius 3 is 2.54 bits per heavy atom. The fraction of sp³-hybridized carbons (Fsp3) is 0.0455. The normalized spacial score (nSPS) is 12.1.